The molecule has 16 heavy (non-hydrogen) atoms. The molecule has 0 aromatic heterocycles. The van der Waals surface area contributed by atoms with Crippen LogP contribution in [0.3, 0.4) is 0 Å². The Bertz CT molecular complexity index is 494. The van der Waals surface area contributed by atoms with Crippen molar-refractivity contribution in [3.63, 3.8) is 0 Å². The minimum absolute atomic E-state index is 0.185. The van der Waals surface area contributed by atoms with Crippen LogP contribution in [0, 0.1) is 6.07 Å². The average molecular weight is 211 g/mol. The molecule has 0 atom stereocenters. The van der Waals surface area contributed by atoms with Gasteiger partial charge in [-0.1, -0.05) is 24.3 Å². The Morgan fingerprint density at radius 3 is 2.69 bits per heavy atom. The van der Waals surface area contributed by atoms with Gasteiger partial charge in [-0.2, -0.15) is 0 Å². The van der Waals surface area contributed by atoms with Gasteiger partial charge in [-0.15, -0.1) is 0 Å². The Morgan fingerprint density at radius 2 is 2.00 bits per heavy atom. The van der Waals surface area contributed by atoms with Gasteiger partial charge in [-0.3, -0.25) is 4.79 Å². The minimum Gasteiger partial charge on any atom is -0.397 e. The van der Waals surface area contributed by atoms with Crippen LogP contribution in [0.1, 0.15) is 10.4 Å². The number of hydrogen-bond donors (Lipinski definition) is 2. The van der Waals surface area contributed by atoms with E-state index in [2.05, 4.69) is 11.4 Å². The number of nitrogens with one attached hydrogen (secondary N) is 1. The summed E-state index contributed by atoms with van der Waals surface area (Å²) >= 11 is 0. The summed E-state index contributed by atoms with van der Waals surface area (Å²) in [6.07, 6.45) is 0. The monoisotopic (exact) mass is 211 g/mol. The predicted molar refractivity (Wildman–Crippen MR) is 64.1 cm³/mol. The lowest BCUT2D eigenvalue weighted by atomic mass is 10.2. The Morgan fingerprint density at radius 1 is 1.19 bits per heavy atom. The van der Waals surface area contributed by atoms with Crippen LogP contribution in [0.15, 0.2) is 48.5 Å². The molecule has 2 aromatic rings. The molecule has 2 rings (SSSR count). The van der Waals surface area contributed by atoms with Gasteiger partial charge in [0.05, 0.1) is 11.4 Å². The van der Waals surface area contributed by atoms with Gasteiger partial charge in [0.25, 0.3) is 5.91 Å². The van der Waals surface area contributed by atoms with Crippen LogP contribution >= 0.6 is 0 Å². The standard InChI is InChI=1S/C13H11N2O/c14-11-8-4-5-9-12(11)15-13(16)10-6-2-1-3-7-10/h1-2,4-9H,14H2,(H,15,16). The highest BCUT2D eigenvalue weighted by molar-refractivity contribution is 6.05. The van der Waals surface area contributed by atoms with Gasteiger partial charge in [0.1, 0.15) is 0 Å². The summed E-state index contributed by atoms with van der Waals surface area (Å²) in [6, 6.07) is 16.9. The zero-order chi connectivity index (χ0) is 11.4. The van der Waals surface area contributed by atoms with E-state index < -0.39 is 0 Å². The van der Waals surface area contributed by atoms with Gasteiger partial charge in [0.15, 0.2) is 0 Å². The average Bonchev–Trinajstić information content (AvgIpc) is 2.33. The molecule has 79 valence electrons. The SMILES string of the molecule is Nc1ccccc1NC(=O)c1c[c]ccc1. The molecule has 1 radical (unpaired) electrons. The maximum atomic E-state index is 11.8. The molecule has 0 fully saturated rings. The third kappa shape index (κ3) is 2.20. The van der Waals surface area contributed by atoms with Gasteiger partial charge in [0, 0.05) is 5.56 Å². The summed E-state index contributed by atoms with van der Waals surface area (Å²) in [5.41, 5.74) is 7.46. The van der Waals surface area contributed by atoms with Crippen LogP contribution in [-0.4, -0.2) is 5.91 Å². The second-order valence-electron chi connectivity index (χ2n) is 3.33. The zero-order valence-electron chi connectivity index (χ0n) is 8.60. The molecule has 2 aromatic carbocycles. The van der Waals surface area contributed by atoms with Crippen molar-refractivity contribution in [1.82, 2.24) is 0 Å². The molecule has 0 saturated heterocycles. The number of carbonyl (C=O) groups excluding carboxylic acids is 1. The largest absolute Gasteiger partial charge is 0.397 e. The van der Waals surface area contributed by atoms with Crippen molar-refractivity contribution in [2.75, 3.05) is 11.1 Å². The lowest BCUT2D eigenvalue weighted by molar-refractivity contribution is 0.102. The third-order valence-corrected chi connectivity index (χ3v) is 2.18. The number of amides is 1. The Kier molecular flexibility index (Phi) is 2.87. The summed E-state index contributed by atoms with van der Waals surface area (Å²) in [5, 5.41) is 2.74. The van der Waals surface area contributed by atoms with Gasteiger partial charge >= 0.3 is 0 Å². The fraction of sp³-hybridized carbons (Fsp3) is 0. The van der Waals surface area contributed by atoms with E-state index in [-0.39, 0.29) is 5.91 Å². The molecule has 0 aliphatic carbocycles. The number of para-hydroxylation sites is 2. The fourth-order valence-electron chi connectivity index (χ4n) is 1.34. The van der Waals surface area contributed by atoms with Gasteiger partial charge in [-0.25, -0.2) is 0 Å². The molecule has 0 heterocycles. The maximum absolute atomic E-state index is 11.8. The molecule has 0 saturated carbocycles. The molecule has 1 amide bonds. The highest BCUT2D eigenvalue weighted by atomic mass is 16.1. The van der Waals surface area contributed by atoms with E-state index in [9.17, 15) is 4.79 Å². The summed E-state index contributed by atoms with van der Waals surface area (Å²) in [4.78, 5) is 11.8. The Labute approximate surface area is 93.9 Å². The quantitative estimate of drug-likeness (QED) is 0.749. The zero-order valence-corrected chi connectivity index (χ0v) is 8.60. The van der Waals surface area contributed by atoms with Crippen molar-refractivity contribution in [3.8, 4) is 0 Å². The minimum atomic E-state index is -0.185. The van der Waals surface area contributed by atoms with Crippen molar-refractivity contribution in [2.45, 2.75) is 0 Å². The molecule has 3 N–H and O–H groups in total. The summed E-state index contributed by atoms with van der Waals surface area (Å²) in [7, 11) is 0. The van der Waals surface area contributed by atoms with Crippen molar-refractivity contribution in [3.05, 3.63) is 60.2 Å². The number of anilines is 2. The molecule has 3 nitrogen and oxygen atoms in total. The Balaban J connectivity index is 2.18. The van der Waals surface area contributed by atoms with Crippen molar-refractivity contribution in [1.29, 1.82) is 0 Å². The number of benzene rings is 2. The molecule has 0 aliphatic heterocycles. The molecular formula is C13H11N2O. The normalized spacial score (nSPS) is 9.75. The highest BCUT2D eigenvalue weighted by Gasteiger charge is 2.06. The number of rotatable bonds is 2. The molecule has 0 spiro atoms. The van der Waals surface area contributed by atoms with E-state index in [0.717, 1.165) is 0 Å². The smallest absolute Gasteiger partial charge is 0.255 e. The van der Waals surface area contributed by atoms with E-state index >= 15 is 0 Å². The van der Waals surface area contributed by atoms with E-state index in [0.29, 0.717) is 16.9 Å². The first kappa shape index (κ1) is 10.2. The summed E-state index contributed by atoms with van der Waals surface area (Å²) in [6.45, 7) is 0. The van der Waals surface area contributed by atoms with Crippen LogP contribution in [0.4, 0.5) is 11.4 Å². The molecule has 0 unspecified atom stereocenters. The lowest BCUT2D eigenvalue weighted by Gasteiger charge is -2.07. The van der Waals surface area contributed by atoms with Gasteiger partial charge in [-0.05, 0) is 30.3 Å². The van der Waals surface area contributed by atoms with Gasteiger partial charge in [0.2, 0.25) is 0 Å². The second-order valence-corrected chi connectivity index (χ2v) is 3.33. The molecular weight excluding hydrogens is 200 g/mol. The number of carbonyl (C=O) groups is 1. The number of hydrogen-bond acceptors (Lipinski definition) is 2. The molecule has 0 aliphatic rings. The van der Waals surface area contributed by atoms with Crippen LogP contribution in [0.5, 0.6) is 0 Å². The number of nitrogens with two attached hydrogens (primary N) is 1. The molecule has 3 heteroatoms. The van der Waals surface area contributed by atoms with Crippen molar-refractivity contribution < 1.29 is 4.79 Å². The summed E-state index contributed by atoms with van der Waals surface area (Å²) in [5.74, 6) is -0.185. The maximum Gasteiger partial charge on any atom is 0.255 e. The first-order chi connectivity index (χ1) is 7.77. The topological polar surface area (TPSA) is 55.1 Å². The predicted octanol–water partition coefficient (Wildman–Crippen LogP) is 2.32. The van der Waals surface area contributed by atoms with Crippen LogP contribution < -0.4 is 11.1 Å². The first-order valence-electron chi connectivity index (χ1n) is 4.89. The highest BCUT2D eigenvalue weighted by Crippen LogP contribution is 2.17. The molecule has 0 bridgehead atoms. The van der Waals surface area contributed by atoms with E-state index in [1.54, 1.807) is 36.4 Å². The van der Waals surface area contributed by atoms with Gasteiger partial charge < -0.3 is 11.1 Å². The van der Waals surface area contributed by atoms with E-state index in [4.69, 9.17) is 5.73 Å². The van der Waals surface area contributed by atoms with Crippen LogP contribution in [0.2, 0.25) is 0 Å². The lowest BCUT2D eigenvalue weighted by Crippen LogP contribution is -2.12. The van der Waals surface area contributed by atoms with Crippen LogP contribution in [0.25, 0.3) is 0 Å². The summed E-state index contributed by atoms with van der Waals surface area (Å²) < 4.78 is 0. The third-order valence-electron chi connectivity index (χ3n) is 2.18. The second kappa shape index (κ2) is 4.49. The van der Waals surface area contributed by atoms with E-state index in [1.165, 1.54) is 0 Å². The van der Waals surface area contributed by atoms with Crippen molar-refractivity contribution >= 4 is 17.3 Å². The van der Waals surface area contributed by atoms with Crippen molar-refractivity contribution in [2.24, 2.45) is 0 Å². The fourth-order valence-corrected chi connectivity index (χ4v) is 1.34. The number of nitrogen functional groups attached to an aromatic ring is 1. The van der Waals surface area contributed by atoms with E-state index in [1.807, 2.05) is 12.1 Å². The first-order valence-corrected chi connectivity index (χ1v) is 4.89. The van der Waals surface area contributed by atoms with Crippen LogP contribution in [-0.2, 0) is 0 Å². The Hall–Kier alpha value is -2.29.